The van der Waals surface area contributed by atoms with Gasteiger partial charge in [0.05, 0.1) is 4.91 Å². The second kappa shape index (κ2) is 6.17. The quantitative estimate of drug-likeness (QED) is 0.670. The number of nitrogens with zero attached hydrogens (tertiary/aromatic N) is 1. The van der Waals surface area contributed by atoms with Gasteiger partial charge in [0.25, 0.3) is 5.91 Å². The molecule has 1 atom stereocenters. The lowest BCUT2D eigenvalue weighted by Crippen LogP contribution is -2.33. The molecule has 1 fully saturated rings. The van der Waals surface area contributed by atoms with Gasteiger partial charge in [-0.15, -0.1) is 0 Å². The van der Waals surface area contributed by atoms with Gasteiger partial charge in [-0.1, -0.05) is 42.2 Å². The zero-order chi connectivity index (χ0) is 16.6. The van der Waals surface area contributed by atoms with Crippen LogP contribution in [0.2, 0.25) is 0 Å². The zero-order valence-electron chi connectivity index (χ0n) is 12.2. The highest BCUT2D eigenvalue weighted by Gasteiger charge is 2.34. The molecule has 0 saturated carbocycles. The fourth-order valence-corrected chi connectivity index (χ4v) is 3.60. The third-order valence-electron chi connectivity index (χ3n) is 3.48. The first-order valence-corrected chi connectivity index (χ1v) is 8.12. The van der Waals surface area contributed by atoms with Crippen LogP contribution in [0, 0.1) is 0 Å². The highest BCUT2D eigenvalue weighted by molar-refractivity contribution is 8.26. The molecule has 1 aromatic rings. The number of benzene rings is 1. The van der Waals surface area contributed by atoms with E-state index in [-0.39, 0.29) is 16.3 Å². The maximum Gasteiger partial charge on any atom is 0.323 e. The fourth-order valence-electron chi connectivity index (χ4n) is 2.34. The van der Waals surface area contributed by atoms with E-state index >= 15 is 0 Å². The van der Waals surface area contributed by atoms with E-state index in [4.69, 9.17) is 22.1 Å². The smallest absolute Gasteiger partial charge is 0.323 e. The third kappa shape index (κ3) is 3.16. The number of thioether (sulfide) groups is 1. The molecule has 0 radical (unpaired) electrons. The molecule has 0 bridgehead atoms. The number of ether oxygens (including phenoxy) is 1. The minimum absolute atomic E-state index is 0.201. The summed E-state index contributed by atoms with van der Waals surface area (Å²) >= 11 is 6.20. The summed E-state index contributed by atoms with van der Waals surface area (Å²) in [6.45, 7) is 1.48. The molecule has 118 valence electrons. The molecule has 0 aromatic heterocycles. The Labute approximate surface area is 142 Å². The van der Waals surface area contributed by atoms with Gasteiger partial charge in [0.2, 0.25) is 0 Å². The molecule has 1 N–H and O–H groups in total. The molecule has 5 nitrogen and oxygen atoms in total. The molecule has 23 heavy (non-hydrogen) atoms. The summed E-state index contributed by atoms with van der Waals surface area (Å²) in [5.41, 5.74) is 1.79. The number of rotatable bonds is 3. The van der Waals surface area contributed by atoms with Crippen LogP contribution in [0.4, 0.5) is 0 Å². The van der Waals surface area contributed by atoms with Crippen LogP contribution in [-0.2, 0) is 9.59 Å². The van der Waals surface area contributed by atoms with E-state index in [9.17, 15) is 9.59 Å². The second-order valence-electron chi connectivity index (χ2n) is 5.10. The van der Waals surface area contributed by atoms with Gasteiger partial charge in [0, 0.05) is 5.56 Å². The van der Waals surface area contributed by atoms with Crippen LogP contribution in [0.1, 0.15) is 12.5 Å². The maximum atomic E-state index is 12.3. The number of thiocarbonyl (C=S) groups is 1. The number of hydrogen-bond donors (Lipinski definition) is 1. The Bertz CT molecular complexity index is 769. The van der Waals surface area contributed by atoms with Gasteiger partial charge in [0.1, 0.15) is 22.7 Å². The summed E-state index contributed by atoms with van der Waals surface area (Å²) < 4.78 is 6.09. The molecule has 1 amide bonds. The summed E-state index contributed by atoms with van der Waals surface area (Å²) in [7, 11) is 0. The first-order chi connectivity index (χ1) is 11.0. The summed E-state index contributed by atoms with van der Waals surface area (Å²) in [5, 5.41) is 8.85. The van der Waals surface area contributed by atoms with Crippen molar-refractivity contribution in [1.82, 2.24) is 4.90 Å². The molecule has 0 unspecified atom stereocenters. The highest BCUT2D eigenvalue weighted by Crippen LogP contribution is 2.35. The normalized spacial score (nSPS) is 22.0. The molecular weight excluding hydrogens is 334 g/mol. The predicted molar refractivity (Wildman–Crippen MR) is 92.1 cm³/mol. The van der Waals surface area contributed by atoms with Gasteiger partial charge >= 0.3 is 5.97 Å². The van der Waals surface area contributed by atoms with Crippen LogP contribution in [0.25, 0.3) is 6.08 Å². The van der Waals surface area contributed by atoms with E-state index in [0.29, 0.717) is 4.91 Å². The number of aliphatic carboxylic acids is 1. The van der Waals surface area contributed by atoms with E-state index in [1.54, 1.807) is 6.08 Å². The van der Waals surface area contributed by atoms with Crippen LogP contribution >= 0.6 is 24.0 Å². The van der Waals surface area contributed by atoms with E-state index in [1.165, 1.54) is 0 Å². The SMILES string of the molecule is C[C@@H]1Oc2ccccc2C=C1/C=C1\SC(=S)N(CC(=O)O)C1=O. The number of hydrogen-bond acceptors (Lipinski definition) is 5. The van der Waals surface area contributed by atoms with E-state index < -0.39 is 12.5 Å². The van der Waals surface area contributed by atoms with Gasteiger partial charge in [-0.05, 0) is 30.7 Å². The lowest BCUT2D eigenvalue weighted by atomic mass is 10.0. The highest BCUT2D eigenvalue weighted by atomic mass is 32.2. The van der Waals surface area contributed by atoms with Crippen molar-refractivity contribution in [2.75, 3.05) is 6.54 Å². The topological polar surface area (TPSA) is 66.8 Å². The van der Waals surface area contributed by atoms with E-state index in [0.717, 1.165) is 33.5 Å². The summed E-state index contributed by atoms with van der Waals surface area (Å²) in [6.07, 6.45) is 3.49. The molecule has 2 aliphatic heterocycles. The molecule has 1 aromatic carbocycles. The number of fused-ring (bicyclic) bond motifs is 1. The van der Waals surface area contributed by atoms with Crippen molar-refractivity contribution in [3.63, 3.8) is 0 Å². The lowest BCUT2D eigenvalue weighted by molar-refractivity contribution is -0.140. The number of carboxylic acids is 1. The average Bonchev–Trinajstić information content (AvgIpc) is 2.75. The maximum absolute atomic E-state index is 12.3. The molecule has 7 heteroatoms. The predicted octanol–water partition coefficient (Wildman–Crippen LogP) is 2.68. The molecule has 2 heterocycles. The van der Waals surface area contributed by atoms with Crippen LogP contribution in [0.5, 0.6) is 5.75 Å². The van der Waals surface area contributed by atoms with Crippen molar-refractivity contribution < 1.29 is 19.4 Å². The Hall–Kier alpha value is -2.12. The van der Waals surface area contributed by atoms with Crippen molar-refractivity contribution in [2.45, 2.75) is 13.0 Å². The fraction of sp³-hybridized carbons (Fsp3) is 0.188. The Kier molecular flexibility index (Phi) is 4.23. The molecule has 1 saturated heterocycles. The lowest BCUT2D eigenvalue weighted by Gasteiger charge is -2.23. The van der Waals surface area contributed by atoms with Gasteiger partial charge in [-0.2, -0.15) is 0 Å². The van der Waals surface area contributed by atoms with Crippen LogP contribution < -0.4 is 4.74 Å². The van der Waals surface area contributed by atoms with Crippen LogP contribution in [0.15, 0.2) is 40.8 Å². The van der Waals surface area contributed by atoms with E-state index in [2.05, 4.69) is 0 Å². The first-order valence-electron chi connectivity index (χ1n) is 6.90. The average molecular weight is 347 g/mol. The molecule has 0 aliphatic carbocycles. The number of amides is 1. The number of para-hydroxylation sites is 1. The van der Waals surface area contributed by atoms with E-state index in [1.807, 2.05) is 37.3 Å². The molecule has 0 spiro atoms. The summed E-state index contributed by atoms with van der Waals surface area (Å²) in [4.78, 5) is 24.6. The van der Waals surface area contributed by atoms with Crippen molar-refractivity contribution in [3.8, 4) is 5.75 Å². The van der Waals surface area contributed by atoms with Crippen LogP contribution in [-0.4, -0.2) is 38.9 Å². The zero-order valence-corrected chi connectivity index (χ0v) is 13.8. The van der Waals surface area contributed by atoms with Crippen molar-refractivity contribution >= 4 is 46.3 Å². The van der Waals surface area contributed by atoms with Crippen LogP contribution in [0.3, 0.4) is 0 Å². The Morgan fingerprint density at radius 2 is 2.22 bits per heavy atom. The number of carboxylic acid groups (broad SMARTS) is 1. The molecule has 3 rings (SSSR count). The largest absolute Gasteiger partial charge is 0.485 e. The Morgan fingerprint density at radius 3 is 2.96 bits per heavy atom. The second-order valence-corrected chi connectivity index (χ2v) is 6.78. The minimum Gasteiger partial charge on any atom is -0.485 e. The molecular formula is C16H13NO4S2. The number of carbonyl (C=O) groups excluding carboxylic acids is 1. The first kappa shape index (κ1) is 15.8. The Morgan fingerprint density at radius 1 is 1.48 bits per heavy atom. The van der Waals surface area contributed by atoms with Crippen molar-refractivity contribution in [2.24, 2.45) is 0 Å². The standard InChI is InChI=1S/C16H13NO4S2/c1-9-11(6-10-4-2-3-5-12(10)21-9)7-13-15(20)17(8-14(18)19)16(22)23-13/h2-7,9H,8H2,1H3,(H,18,19)/b13-7-/t9-/m0/s1. The van der Waals surface area contributed by atoms with Gasteiger partial charge < -0.3 is 9.84 Å². The number of carbonyl (C=O) groups is 2. The van der Waals surface area contributed by atoms with Gasteiger partial charge in [-0.3, -0.25) is 14.5 Å². The van der Waals surface area contributed by atoms with Crippen molar-refractivity contribution in [1.29, 1.82) is 0 Å². The third-order valence-corrected chi connectivity index (χ3v) is 4.86. The molecule has 2 aliphatic rings. The summed E-state index contributed by atoms with van der Waals surface area (Å²) in [5.74, 6) is -0.671. The van der Waals surface area contributed by atoms with Gasteiger partial charge in [0.15, 0.2) is 0 Å². The Balaban J connectivity index is 1.90. The van der Waals surface area contributed by atoms with Crippen molar-refractivity contribution in [3.05, 3.63) is 46.4 Å². The monoisotopic (exact) mass is 347 g/mol. The minimum atomic E-state index is -1.09. The van der Waals surface area contributed by atoms with Gasteiger partial charge in [-0.25, -0.2) is 0 Å². The summed E-state index contributed by atoms with van der Waals surface area (Å²) in [6, 6.07) is 7.65.